The highest BCUT2D eigenvalue weighted by Gasteiger charge is 2.28. The summed E-state index contributed by atoms with van der Waals surface area (Å²) in [4.78, 5) is 32.0. The van der Waals surface area contributed by atoms with Crippen molar-refractivity contribution in [2.75, 3.05) is 11.4 Å². The summed E-state index contributed by atoms with van der Waals surface area (Å²) in [5.74, 6) is -0.758. The van der Waals surface area contributed by atoms with Crippen molar-refractivity contribution in [3.8, 4) is 11.8 Å². The molecule has 31 heavy (non-hydrogen) atoms. The van der Waals surface area contributed by atoms with E-state index in [4.69, 9.17) is 4.74 Å². The Labute approximate surface area is 179 Å². The second-order valence-corrected chi connectivity index (χ2v) is 8.03. The third kappa shape index (κ3) is 4.26. The van der Waals surface area contributed by atoms with Gasteiger partial charge in [-0.05, 0) is 64.4 Å². The zero-order valence-electron chi connectivity index (χ0n) is 18.1. The van der Waals surface area contributed by atoms with Crippen molar-refractivity contribution in [1.29, 1.82) is 5.26 Å². The van der Waals surface area contributed by atoms with Gasteiger partial charge in [0.2, 0.25) is 5.95 Å². The third-order valence-electron chi connectivity index (χ3n) is 4.57. The van der Waals surface area contributed by atoms with Gasteiger partial charge in [-0.3, -0.25) is 4.79 Å². The molecule has 160 valence electrons. The van der Waals surface area contributed by atoms with Gasteiger partial charge in [0.1, 0.15) is 16.9 Å². The Bertz CT molecular complexity index is 1270. The minimum Gasteiger partial charge on any atom is -0.443 e. The van der Waals surface area contributed by atoms with Crippen LogP contribution in [0.3, 0.4) is 0 Å². The van der Waals surface area contributed by atoms with E-state index in [2.05, 4.69) is 4.98 Å². The smallest absolute Gasteiger partial charge is 0.417 e. The number of hydrogen-bond donors (Lipinski definition) is 0. The maximum Gasteiger partial charge on any atom is 0.417 e. The fourth-order valence-corrected chi connectivity index (χ4v) is 3.20. The number of nitrogens with zero attached hydrogens (tertiary/aromatic N) is 4. The molecule has 8 heteroatoms. The van der Waals surface area contributed by atoms with Gasteiger partial charge in [-0.15, -0.1) is 0 Å². The Morgan fingerprint density at radius 3 is 2.61 bits per heavy atom. The molecule has 0 unspecified atom stereocenters. The van der Waals surface area contributed by atoms with E-state index < -0.39 is 23.1 Å². The van der Waals surface area contributed by atoms with Gasteiger partial charge in [-0.1, -0.05) is 12.1 Å². The molecule has 0 saturated carbocycles. The number of nitriles is 1. The first kappa shape index (κ1) is 22.0. The second-order valence-electron chi connectivity index (χ2n) is 8.03. The largest absolute Gasteiger partial charge is 0.443 e. The molecule has 7 nitrogen and oxygen atoms in total. The Morgan fingerprint density at radius 1 is 1.29 bits per heavy atom. The van der Waals surface area contributed by atoms with Crippen LogP contribution in [-0.4, -0.2) is 27.8 Å². The quantitative estimate of drug-likeness (QED) is 0.622. The lowest BCUT2D eigenvalue weighted by atomic mass is 10.1. The highest BCUT2D eigenvalue weighted by atomic mass is 19.1. The number of halogens is 1. The van der Waals surface area contributed by atoms with Crippen molar-refractivity contribution in [2.24, 2.45) is 0 Å². The number of rotatable bonds is 3. The van der Waals surface area contributed by atoms with Crippen LogP contribution in [-0.2, 0) is 4.74 Å². The van der Waals surface area contributed by atoms with Crippen LogP contribution in [0.2, 0.25) is 0 Å². The lowest BCUT2D eigenvalue weighted by Gasteiger charge is -2.27. The molecule has 3 rings (SSSR count). The predicted molar refractivity (Wildman–Crippen MR) is 116 cm³/mol. The first-order valence-electron chi connectivity index (χ1n) is 9.80. The van der Waals surface area contributed by atoms with Gasteiger partial charge < -0.3 is 4.74 Å². The maximum atomic E-state index is 14.6. The molecule has 0 atom stereocenters. The van der Waals surface area contributed by atoms with E-state index >= 15 is 0 Å². The van der Waals surface area contributed by atoms with Gasteiger partial charge in [0.15, 0.2) is 0 Å². The van der Waals surface area contributed by atoms with E-state index in [1.807, 2.05) is 6.07 Å². The van der Waals surface area contributed by atoms with Crippen molar-refractivity contribution in [1.82, 2.24) is 9.55 Å². The first-order valence-corrected chi connectivity index (χ1v) is 9.80. The molecule has 3 aromatic rings. The highest BCUT2D eigenvalue weighted by Crippen LogP contribution is 2.25. The molecular formula is C23H23FN4O3. The van der Waals surface area contributed by atoms with Gasteiger partial charge in [0, 0.05) is 6.54 Å². The average molecular weight is 422 g/mol. The number of anilines is 1. The van der Waals surface area contributed by atoms with Crippen molar-refractivity contribution in [2.45, 2.75) is 40.2 Å². The summed E-state index contributed by atoms with van der Waals surface area (Å²) in [6, 6.07) is 11.1. The fourth-order valence-electron chi connectivity index (χ4n) is 3.20. The summed E-state index contributed by atoms with van der Waals surface area (Å²) in [6.45, 7) is 8.67. The highest BCUT2D eigenvalue weighted by molar-refractivity contribution is 5.89. The maximum absolute atomic E-state index is 14.6. The SMILES string of the molecule is CCN(C(=O)OC(C)(C)C)c1nc2c(F)ccc(C)c2c(=O)n1-c1cccc(C#N)c1. The molecular weight excluding hydrogens is 399 g/mol. The minimum atomic E-state index is -0.783. The summed E-state index contributed by atoms with van der Waals surface area (Å²) in [6.07, 6.45) is -0.723. The molecule has 0 bridgehead atoms. The van der Waals surface area contributed by atoms with Crippen LogP contribution in [0.25, 0.3) is 16.6 Å². The van der Waals surface area contributed by atoms with Crippen molar-refractivity contribution >= 4 is 22.9 Å². The van der Waals surface area contributed by atoms with Gasteiger partial charge in [0.25, 0.3) is 5.56 Å². The molecule has 1 amide bonds. The van der Waals surface area contributed by atoms with Crippen molar-refractivity contribution < 1.29 is 13.9 Å². The monoisotopic (exact) mass is 422 g/mol. The number of aryl methyl sites for hydroxylation is 1. The molecule has 2 aromatic carbocycles. The standard InChI is InChI=1S/C23H23FN4O3/c1-6-27(22(30)31-23(3,4)5)21-26-19-17(24)11-10-14(2)18(19)20(29)28(21)16-9-7-8-15(12-16)13-25/h7-12H,6H2,1-5H3. The first-order chi connectivity index (χ1) is 14.6. The van der Waals surface area contributed by atoms with E-state index in [9.17, 15) is 19.2 Å². The molecule has 0 fully saturated rings. The fraction of sp³-hybridized carbons (Fsp3) is 0.304. The van der Waals surface area contributed by atoms with Gasteiger partial charge in [0.05, 0.1) is 22.7 Å². The van der Waals surface area contributed by atoms with Crippen LogP contribution >= 0.6 is 0 Å². The molecule has 1 heterocycles. The normalized spacial score (nSPS) is 11.3. The summed E-state index contributed by atoms with van der Waals surface area (Å²) in [5, 5.41) is 9.39. The summed E-state index contributed by atoms with van der Waals surface area (Å²) in [7, 11) is 0. The number of amides is 1. The molecule has 0 aliphatic carbocycles. The van der Waals surface area contributed by atoms with Crippen LogP contribution < -0.4 is 10.5 Å². The van der Waals surface area contributed by atoms with E-state index in [-0.39, 0.29) is 23.4 Å². The lowest BCUT2D eigenvalue weighted by Crippen LogP contribution is -2.40. The van der Waals surface area contributed by atoms with Crippen LogP contribution in [0.15, 0.2) is 41.2 Å². The van der Waals surface area contributed by atoms with Crippen LogP contribution in [0.5, 0.6) is 0 Å². The molecule has 0 spiro atoms. The predicted octanol–water partition coefficient (Wildman–Crippen LogP) is 4.47. The second kappa shape index (κ2) is 8.19. The molecule has 0 aliphatic rings. The Kier molecular flexibility index (Phi) is 5.80. The van der Waals surface area contributed by atoms with Gasteiger partial charge in [-0.25, -0.2) is 23.6 Å². The number of benzene rings is 2. The lowest BCUT2D eigenvalue weighted by molar-refractivity contribution is 0.0579. The Morgan fingerprint density at radius 2 is 2.00 bits per heavy atom. The molecule has 0 N–H and O–H groups in total. The van der Waals surface area contributed by atoms with Crippen molar-refractivity contribution in [3.63, 3.8) is 0 Å². The number of ether oxygens (including phenoxy) is 1. The Hall–Kier alpha value is -3.73. The van der Waals surface area contributed by atoms with E-state index in [0.29, 0.717) is 16.8 Å². The molecule has 0 radical (unpaired) electrons. The topological polar surface area (TPSA) is 88.2 Å². The zero-order chi connectivity index (χ0) is 22.9. The van der Waals surface area contributed by atoms with E-state index in [1.165, 1.54) is 27.7 Å². The van der Waals surface area contributed by atoms with Crippen LogP contribution in [0.1, 0.15) is 38.8 Å². The summed E-state index contributed by atoms with van der Waals surface area (Å²) in [5.41, 5.74) is -0.254. The third-order valence-corrected chi connectivity index (χ3v) is 4.57. The molecule has 1 aromatic heterocycles. The van der Waals surface area contributed by atoms with E-state index in [0.717, 1.165) is 0 Å². The van der Waals surface area contributed by atoms with Crippen LogP contribution in [0, 0.1) is 24.1 Å². The molecule has 0 saturated heterocycles. The van der Waals surface area contributed by atoms with Gasteiger partial charge in [-0.2, -0.15) is 5.26 Å². The van der Waals surface area contributed by atoms with Gasteiger partial charge >= 0.3 is 6.09 Å². The number of hydrogen-bond acceptors (Lipinski definition) is 5. The van der Waals surface area contributed by atoms with E-state index in [1.54, 1.807) is 52.8 Å². The number of carbonyl (C=O) groups is 1. The summed E-state index contributed by atoms with van der Waals surface area (Å²) < 4.78 is 21.3. The average Bonchev–Trinajstić information content (AvgIpc) is 2.70. The molecule has 0 aliphatic heterocycles. The Balaban J connectivity index is 2.40. The summed E-state index contributed by atoms with van der Waals surface area (Å²) >= 11 is 0. The van der Waals surface area contributed by atoms with Crippen LogP contribution in [0.4, 0.5) is 15.1 Å². The number of aromatic nitrogens is 2. The zero-order valence-corrected chi connectivity index (χ0v) is 18.1. The number of carbonyl (C=O) groups excluding carboxylic acids is 1. The number of fused-ring (bicyclic) bond motifs is 1. The van der Waals surface area contributed by atoms with Crippen molar-refractivity contribution in [3.05, 3.63) is 63.7 Å². The minimum absolute atomic E-state index is 0.0890.